The van der Waals surface area contributed by atoms with Crippen LogP contribution < -0.4 is 9.80 Å². The Labute approximate surface area is 197 Å². The van der Waals surface area contributed by atoms with Crippen LogP contribution in [0.3, 0.4) is 0 Å². The molecule has 0 N–H and O–H groups in total. The Kier molecular flexibility index (Phi) is 4.91. The molecule has 34 heavy (non-hydrogen) atoms. The lowest BCUT2D eigenvalue weighted by molar-refractivity contribution is 0.0981. The third kappa shape index (κ3) is 3.44. The largest absolute Gasteiger partial charge is 0.292 e. The third-order valence-corrected chi connectivity index (χ3v) is 6.54. The van der Waals surface area contributed by atoms with Crippen LogP contribution in [-0.2, 0) is 12.8 Å². The summed E-state index contributed by atoms with van der Waals surface area (Å²) in [7, 11) is 0. The highest BCUT2D eigenvalue weighted by atomic mass is 16.2. The predicted molar refractivity (Wildman–Crippen MR) is 131 cm³/mol. The van der Waals surface area contributed by atoms with Gasteiger partial charge in [-0.15, -0.1) is 0 Å². The van der Waals surface area contributed by atoms with Crippen molar-refractivity contribution in [2.45, 2.75) is 12.8 Å². The maximum Gasteiger partial charge on any atom is 0.259 e. The van der Waals surface area contributed by atoms with Crippen LogP contribution in [0.25, 0.3) is 11.1 Å². The van der Waals surface area contributed by atoms with Crippen molar-refractivity contribution in [3.63, 3.8) is 0 Å². The smallest absolute Gasteiger partial charge is 0.259 e. The molecule has 4 aromatic rings. The SMILES string of the molecule is O=C(c1ccc(-c2ccc(C(=O)N3CCc4cccnc43)cc2)cc1)N1CCc2cccnc21. The Hall–Kier alpha value is -4.32. The molecule has 6 heteroatoms. The molecule has 2 aliphatic heterocycles. The fourth-order valence-corrected chi connectivity index (χ4v) is 4.73. The number of aromatic nitrogens is 2. The standard InChI is InChI=1S/C28H22N4O2/c33-27(31-17-13-21-3-1-15-29-25(21)31)23-9-5-19(6-10-23)20-7-11-24(12-8-20)28(34)32-18-14-22-4-2-16-30-26(22)32/h1-12,15-16H,13-14,17-18H2. The number of amides is 2. The molecule has 0 aliphatic carbocycles. The molecule has 0 radical (unpaired) electrons. The number of carbonyl (C=O) groups excluding carboxylic acids is 2. The number of fused-ring (bicyclic) bond motifs is 2. The van der Waals surface area contributed by atoms with Crippen molar-refractivity contribution in [1.29, 1.82) is 0 Å². The number of benzene rings is 2. The van der Waals surface area contributed by atoms with Gasteiger partial charge in [0.2, 0.25) is 0 Å². The highest BCUT2D eigenvalue weighted by molar-refractivity contribution is 6.07. The average Bonchev–Trinajstić information content (AvgIpc) is 3.53. The molecule has 166 valence electrons. The van der Waals surface area contributed by atoms with Gasteiger partial charge in [-0.2, -0.15) is 0 Å². The summed E-state index contributed by atoms with van der Waals surface area (Å²) >= 11 is 0. The second kappa shape index (κ2) is 8.23. The van der Waals surface area contributed by atoms with Crippen LogP contribution in [0.5, 0.6) is 0 Å². The van der Waals surface area contributed by atoms with Crippen molar-refractivity contribution >= 4 is 23.5 Å². The highest BCUT2D eigenvalue weighted by Gasteiger charge is 2.27. The van der Waals surface area contributed by atoms with Gasteiger partial charge in [0.1, 0.15) is 11.6 Å². The van der Waals surface area contributed by atoms with E-state index in [1.165, 1.54) is 0 Å². The number of pyridine rings is 2. The third-order valence-electron chi connectivity index (χ3n) is 6.54. The van der Waals surface area contributed by atoms with E-state index in [9.17, 15) is 9.59 Å². The summed E-state index contributed by atoms with van der Waals surface area (Å²) in [6.45, 7) is 1.30. The lowest BCUT2D eigenvalue weighted by Gasteiger charge is -2.17. The number of hydrogen-bond donors (Lipinski definition) is 0. The maximum atomic E-state index is 13.0. The first-order chi connectivity index (χ1) is 16.7. The van der Waals surface area contributed by atoms with Crippen LogP contribution in [0.2, 0.25) is 0 Å². The molecule has 0 saturated heterocycles. The molecular weight excluding hydrogens is 424 g/mol. The van der Waals surface area contributed by atoms with E-state index in [-0.39, 0.29) is 11.8 Å². The quantitative estimate of drug-likeness (QED) is 0.463. The average molecular weight is 447 g/mol. The van der Waals surface area contributed by atoms with E-state index in [0.29, 0.717) is 24.2 Å². The molecule has 0 unspecified atom stereocenters. The molecule has 0 spiro atoms. The first-order valence-electron chi connectivity index (χ1n) is 11.4. The zero-order valence-electron chi connectivity index (χ0n) is 18.5. The molecule has 0 bridgehead atoms. The van der Waals surface area contributed by atoms with Gasteiger partial charge in [0.15, 0.2) is 0 Å². The van der Waals surface area contributed by atoms with Crippen molar-refractivity contribution in [3.05, 3.63) is 107 Å². The van der Waals surface area contributed by atoms with Gasteiger partial charge in [-0.05, 0) is 71.5 Å². The van der Waals surface area contributed by atoms with E-state index in [1.54, 1.807) is 22.2 Å². The summed E-state index contributed by atoms with van der Waals surface area (Å²) in [4.78, 5) is 38.3. The van der Waals surface area contributed by atoms with Crippen molar-refractivity contribution in [2.24, 2.45) is 0 Å². The molecule has 0 fully saturated rings. The molecule has 0 saturated carbocycles. The van der Waals surface area contributed by atoms with Crippen LogP contribution in [0.4, 0.5) is 11.6 Å². The fourth-order valence-electron chi connectivity index (χ4n) is 4.73. The number of hydrogen-bond acceptors (Lipinski definition) is 4. The van der Waals surface area contributed by atoms with E-state index < -0.39 is 0 Å². The van der Waals surface area contributed by atoms with Gasteiger partial charge in [0.25, 0.3) is 11.8 Å². The van der Waals surface area contributed by atoms with Gasteiger partial charge in [-0.25, -0.2) is 9.97 Å². The molecule has 4 heterocycles. The van der Waals surface area contributed by atoms with Crippen molar-refractivity contribution in [3.8, 4) is 11.1 Å². The lowest BCUT2D eigenvalue weighted by Crippen LogP contribution is -2.29. The molecule has 6 rings (SSSR count). The summed E-state index contributed by atoms with van der Waals surface area (Å²) in [5.74, 6) is 1.44. The van der Waals surface area contributed by atoms with E-state index in [1.807, 2.05) is 72.8 Å². The number of nitrogens with zero attached hydrogens (tertiary/aromatic N) is 4. The first-order valence-corrected chi connectivity index (χ1v) is 11.4. The van der Waals surface area contributed by atoms with Crippen LogP contribution in [0.1, 0.15) is 31.8 Å². The number of rotatable bonds is 3. The Morgan fingerprint density at radius 1 is 0.588 bits per heavy atom. The van der Waals surface area contributed by atoms with Crippen LogP contribution >= 0.6 is 0 Å². The molecule has 2 aromatic heterocycles. The Bertz CT molecular complexity index is 1290. The normalized spacial score (nSPS) is 14.1. The first kappa shape index (κ1) is 20.3. The van der Waals surface area contributed by atoms with E-state index in [0.717, 1.165) is 46.7 Å². The molecule has 2 aromatic carbocycles. The van der Waals surface area contributed by atoms with Gasteiger partial charge in [-0.3, -0.25) is 19.4 Å². The summed E-state index contributed by atoms with van der Waals surface area (Å²) < 4.78 is 0. The monoisotopic (exact) mass is 446 g/mol. The molecular formula is C28H22N4O2. The second-order valence-corrected chi connectivity index (χ2v) is 8.54. The van der Waals surface area contributed by atoms with E-state index >= 15 is 0 Å². The van der Waals surface area contributed by atoms with Crippen LogP contribution in [0, 0.1) is 0 Å². The van der Waals surface area contributed by atoms with Crippen molar-refractivity contribution in [2.75, 3.05) is 22.9 Å². The Balaban J connectivity index is 1.18. The van der Waals surface area contributed by atoms with Crippen LogP contribution in [0.15, 0.2) is 85.2 Å². The lowest BCUT2D eigenvalue weighted by atomic mass is 10.0. The Morgan fingerprint density at radius 3 is 1.41 bits per heavy atom. The maximum absolute atomic E-state index is 13.0. The predicted octanol–water partition coefficient (Wildman–Crippen LogP) is 4.55. The Morgan fingerprint density at radius 2 is 1.00 bits per heavy atom. The van der Waals surface area contributed by atoms with Crippen molar-refractivity contribution in [1.82, 2.24) is 9.97 Å². The second-order valence-electron chi connectivity index (χ2n) is 8.54. The van der Waals surface area contributed by atoms with Crippen molar-refractivity contribution < 1.29 is 9.59 Å². The van der Waals surface area contributed by atoms with Gasteiger partial charge in [-0.1, -0.05) is 36.4 Å². The van der Waals surface area contributed by atoms with E-state index in [4.69, 9.17) is 0 Å². The van der Waals surface area contributed by atoms with Gasteiger partial charge < -0.3 is 0 Å². The molecule has 2 aliphatic rings. The van der Waals surface area contributed by atoms with E-state index in [2.05, 4.69) is 9.97 Å². The zero-order valence-corrected chi connectivity index (χ0v) is 18.5. The molecule has 2 amide bonds. The summed E-state index contributed by atoms with van der Waals surface area (Å²) in [6, 6.07) is 23.0. The minimum atomic E-state index is -0.0375. The summed E-state index contributed by atoms with van der Waals surface area (Å²) in [5, 5.41) is 0. The summed E-state index contributed by atoms with van der Waals surface area (Å²) in [6.07, 6.45) is 5.11. The number of anilines is 2. The van der Waals surface area contributed by atoms with Gasteiger partial charge in [0, 0.05) is 36.6 Å². The van der Waals surface area contributed by atoms with Gasteiger partial charge in [0.05, 0.1) is 0 Å². The fraction of sp³-hybridized carbons (Fsp3) is 0.143. The number of carbonyl (C=O) groups is 2. The molecule has 0 atom stereocenters. The highest BCUT2D eigenvalue weighted by Crippen LogP contribution is 2.29. The zero-order chi connectivity index (χ0) is 23.1. The topological polar surface area (TPSA) is 66.4 Å². The summed E-state index contributed by atoms with van der Waals surface area (Å²) in [5.41, 5.74) is 5.46. The minimum absolute atomic E-state index is 0.0375. The van der Waals surface area contributed by atoms with Crippen LogP contribution in [-0.4, -0.2) is 34.9 Å². The molecule has 6 nitrogen and oxygen atoms in total. The van der Waals surface area contributed by atoms with Gasteiger partial charge >= 0.3 is 0 Å². The minimum Gasteiger partial charge on any atom is -0.292 e.